The van der Waals surface area contributed by atoms with Crippen LogP contribution in [0.4, 0.5) is 0 Å². The standard InChI is InChI=1S/C27H46N6O6/c1-4-8-19(9-5-2)24(36)31-21(15-23(35)39-3)26(38)33-13-7-11-22(33)25(37)30-20(17-34)14-18-10-6-12-32(16-18)27(28)29/h17-22H,4-16H2,1-3H3,(H3,28,29)(H,30,37)(H,31,36)/t18?,20-,21-,22-/m0/s1. The minimum Gasteiger partial charge on any atom is -0.469 e. The second kappa shape index (κ2) is 16.0. The first-order valence-corrected chi connectivity index (χ1v) is 14.2. The van der Waals surface area contributed by atoms with E-state index >= 15 is 0 Å². The molecule has 2 heterocycles. The fraction of sp³-hybridized carbons (Fsp3) is 0.778. The Morgan fingerprint density at radius 1 is 1.08 bits per heavy atom. The van der Waals surface area contributed by atoms with Gasteiger partial charge >= 0.3 is 5.97 Å². The molecule has 1 unspecified atom stereocenters. The van der Waals surface area contributed by atoms with Crippen molar-refractivity contribution in [2.75, 3.05) is 26.7 Å². The third-order valence-corrected chi connectivity index (χ3v) is 7.64. The van der Waals surface area contributed by atoms with Gasteiger partial charge in [0.05, 0.1) is 19.6 Å². The van der Waals surface area contributed by atoms with Crippen LogP contribution in [0.3, 0.4) is 0 Å². The van der Waals surface area contributed by atoms with Crippen LogP contribution in [0.25, 0.3) is 0 Å². The summed E-state index contributed by atoms with van der Waals surface area (Å²) in [6, 6.07) is -2.68. The maximum absolute atomic E-state index is 13.6. The molecule has 0 spiro atoms. The number of hydrogen-bond donors (Lipinski definition) is 4. The predicted molar refractivity (Wildman–Crippen MR) is 145 cm³/mol. The van der Waals surface area contributed by atoms with Crippen molar-refractivity contribution in [3.63, 3.8) is 0 Å². The van der Waals surface area contributed by atoms with E-state index in [1.807, 2.05) is 13.8 Å². The van der Waals surface area contributed by atoms with E-state index in [9.17, 15) is 24.0 Å². The number of guanidine groups is 1. The number of amides is 3. The Kier molecular flexibility index (Phi) is 13.2. The third-order valence-electron chi connectivity index (χ3n) is 7.64. The molecule has 4 atom stereocenters. The Morgan fingerprint density at radius 3 is 2.33 bits per heavy atom. The van der Waals surface area contributed by atoms with Gasteiger partial charge < -0.3 is 35.7 Å². The van der Waals surface area contributed by atoms with Gasteiger partial charge in [0.25, 0.3) is 0 Å². The molecular formula is C27H46N6O6. The Morgan fingerprint density at radius 2 is 1.74 bits per heavy atom. The Hall–Kier alpha value is -3.18. The first-order chi connectivity index (χ1) is 18.6. The van der Waals surface area contributed by atoms with E-state index in [0.29, 0.717) is 58.0 Å². The molecule has 2 aliphatic heterocycles. The van der Waals surface area contributed by atoms with Gasteiger partial charge in [-0.05, 0) is 50.9 Å². The summed E-state index contributed by atoms with van der Waals surface area (Å²) < 4.78 is 4.76. The Balaban J connectivity index is 2.09. The second-order valence-electron chi connectivity index (χ2n) is 10.6. The highest BCUT2D eigenvalue weighted by Crippen LogP contribution is 2.23. The SMILES string of the molecule is CCCC(CCC)C(=O)N[C@@H](CC(=O)OC)C(=O)N1CCC[C@H]1C(=O)N[C@H](C=O)CC1CCCN(C(=N)N)C1. The number of nitrogens with two attached hydrogens (primary N) is 1. The molecular weight excluding hydrogens is 504 g/mol. The summed E-state index contributed by atoms with van der Waals surface area (Å²) in [6.45, 7) is 5.53. The van der Waals surface area contributed by atoms with Gasteiger partial charge in [-0.3, -0.25) is 24.6 Å². The molecule has 2 aliphatic rings. The van der Waals surface area contributed by atoms with E-state index in [1.54, 1.807) is 4.90 Å². The largest absolute Gasteiger partial charge is 0.469 e. The van der Waals surface area contributed by atoms with Gasteiger partial charge in [-0.1, -0.05) is 26.7 Å². The number of carbonyl (C=O) groups excluding carboxylic acids is 5. The van der Waals surface area contributed by atoms with Crippen molar-refractivity contribution in [3.8, 4) is 0 Å². The quantitative estimate of drug-likeness (QED) is 0.107. The average molecular weight is 551 g/mol. The van der Waals surface area contributed by atoms with Crippen molar-refractivity contribution < 1.29 is 28.7 Å². The average Bonchev–Trinajstić information content (AvgIpc) is 3.42. The van der Waals surface area contributed by atoms with E-state index in [-0.39, 0.29) is 30.1 Å². The van der Waals surface area contributed by atoms with Crippen LogP contribution in [0.2, 0.25) is 0 Å². The summed E-state index contributed by atoms with van der Waals surface area (Å²) in [6.07, 6.45) is 6.46. The number of nitrogens with zero attached hydrogens (tertiary/aromatic N) is 2. The molecule has 12 heteroatoms. The van der Waals surface area contributed by atoms with Gasteiger partial charge in [0.2, 0.25) is 17.7 Å². The lowest BCUT2D eigenvalue weighted by molar-refractivity contribution is -0.147. The smallest absolute Gasteiger partial charge is 0.308 e. The summed E-state index contributed by atoms with van der Waals surface area (Å²) in [5, 5.41) is 13.2. The van der Waals surface area contributed by atoms with Crippen LogP contribution >= 0.6 is 0 Å². The molecule has 3 amide bonds. The molecule has 0 saturated carbocycles. The van der Waals surface area contributed by atoms with Crippen molar-refractivity contribution in [2.24, 2.45) is 17.6 Å². The fourth-order valence-corrected chi connectivity index (χ4v) is 5.61. The topological polar surface area (TPSA) is 175 Å². The van der Waals surface area contributed by atoms with Crippen molar-refractivity contribution in [3.05, 3.63) is 0 Å². The molecule has 0 aliphatic carbocycles. The van der Waals surface area contributed by atoms with Crippen molar-refractivity contribution in [2.45, 2.75) is 96.2 Å². The molecule has 0 aromatic heterocycles. The maximum Gasteiger partial charge on any atom is 0.308 e. The van der Waals surface area contributed by atoms with Gasteiger partial charge in [-0.25, -0.2) is 0 Å². The van der Waals surface area contributed by atoms with Gasteiger partial charge in [-0.15, -0.1) is 0 Å². The normalized spacial score (nSPS) is 20.7. The summed E-state index contributed by atoms with van der Waals surface area (Å²) in [5.41, 5.74) is 5.62. The minimum atomic E-state index is -1.14. The molecule has 2 saturated heterocycles. The molecule has 0 radical (unpaired) electrons. The van der Waals surface area contributed by atoms with Crippen LogP contribution in [-0.4, -0.2) is 90.6 Å². The number of nitrogens with one attached hydrogen (secondary N) is 3. The number of likely N-dealkylation sites (tertiary alicyclic amines) is 2. The predicted octanol–water partition coefficient (Wildman–Crippen LogP) is 0.921. The van der Waals surface area contributed by atoms with Crippen LogP contribution in [0.15, 0.2) is 0 Å². The van der Waals surface area contributed by atoms with Gasteiger partial charge in [0.1, 0.15) is 18.4 Å². The molecule has 0 bridgehead atoms. The number of methoxy groups -OCH3 is 1. The van der Waals surface area contributed by atoms with Gasteiger partial charge in [0, 0.05) is 25.6 Å². The van der Waals surface area contributed by atoms with E-state index in [2.05, 4.69) is 10.6 Å². The fourth-order valence-electron chi connectivity index (χ4n) is 5.61. The summed E-state index contributed by atoms with van der Waals surface area (Å²) >= 11 is 0. The second-order valence-corrected chi connectivity index (χ2v) is 10.6. The summed E-state index contributed by atoms with van der Waals surface area (Å²) in [7, 11) is 1.22. The first kappa shape index (κ1) is 32.0. The zero-order valence-electron chi connectivity index (χ0n) is 23.6. The highest BCUT2D eigenvalue weighted by atomic mass is 16.5. The lowest BCUT2D eigenvalue weighted by Gasteiger charge is -2.34. The molecule has 2 rings (SSSR count). The summed E-state index contributed by atoms with van der Waals surface area (Å²) in [4.78, 5) is 66.9. The van der Waals surface area contributed by atoms with Crippen LogP contribution in [0, 0.1) is 17.2 Å². The summed E-state index contributed by atoms with van der Waals surface area (Å²) in [5.74, 6) is -2.04. The van der Waals surface area contributed by atoms with Gasteiger partial charge in [0.15, 0.2) is 5.96 Å². The number of piperidine rings is 1. The number of ether oxygens (including phenoxy) is 1. The lowest BCUT2D eigenvalue weighted by atomic mass is 9.91. The molecule has 2 fully saturated rings. The zero-order chi connectivity index (χ0) is 28.9. The van der Waals surface area contributed by atoms with E-state index in [4.69, 9.17) is 15.9 Å². The number of aldehydes is 1. The Bertz CT molecular complexity index is 877. The van der Waals surface area contributed by atoms with Crippen LogP contribution in [0.5, 0.6) is 0 Å². The zero-order valence-corrected chi connectivity index (χ0v) is 23.6. The van der Waals surface area contributed by atoms with Crippen LogP contribution in [-0.2, 0) is 28.7 Å². The molecule has 0 aromatic rings. The van der Waals surface area contributed by atoms with Crippen molar-refractivity contribution in [1.82, 2.24) is 20.4 Å². The first-order valence-electron chi connectivity index (χ1n) is 14.2. The number of esters is 1. The molecule has 12 nitrogen and oxygen atoms in total. The van der Waals surface area contributed by atoms with Crippen molar-refractivity contribution in [1.29, 1.82) is 5.41 Å². The third kappa shape index (κ3) is 9.50. The lowest BCUT2D eigenvalue weighted by Crippen LogP contribution is -2.56. The van der Waals surface area contributed by atoms with E-state index < -0.39 is 35.9 Å². The van der Waals surface area contributed by atoms with Crippen LogP contribution in [0.1, 0.15) is 78.1 Å². The van der Waals surface area contributed by atoms with Crippen LogP contribution < -0.4 is 16.4 Å². The molecule has 0 aromatic carbocycles. The Labute approximate surface area is 231 Å². The highest BCUT2D eigenvalue weighted by Gasteiger charge is 2.39. The number of hydrogen-bond acceptors (Lipinski definition) is 7. The number of carbonyl (C=O) groups is 5. The molecule has 5 N–H and O–H groups in total. The maximum atomic E-state index is 13.6. The number of rotatable bonds is 14. The molecule has 39 heavy (non-hydrogen) atoms. The monoisotopic (exact) mass is 550 g/mol. The minimum absolute atomic E-state index is 0.00388. The van der Waals surface area contributed by atoms with Gasteiger partial charge in [-0.2, -0.15) is 0 Å². The van der Waals surface area contributed by atoms with E-state index in [0.717, 1.165) is 25.7 Å². The van der Waals surface area contributed by atoms with Crippen molar-refractivity contribution >= 4 is 35.9 Å². The van der Waals surface area contributed by atoms with E-state index in [1.165, 1.54) is 12.0 Å². The molecule has 220 valence electrons. The highest BCUT2D eigenvalue weighted by molar-refractivity contribution is 5.95.